The fraction of sp³-hybridized carbons (Fsp3) is 0.222. The highest BCUT2D eigenvalue weighted by Crippen LogP contribution is 2.25. The maximum Gasteiger partial charge on any atom is 0.201 e. The van der Waals surface area contributed by atoms with E-state index in [9.17, 15) is 13.6 Å². The van der Waals surface area contributed by atoms with Gasteiger partial charge in [0.1, 0.15) is 0 Å². The lowest BCUT2D eigenvalue weighted by Gasteiger charge is -2.04. The van der Waals surface area contributed by atoms with Crippen molar-refractivity contribution >= 4 is 6.29 Å². The van der Waals surface area contributed by atoms with Gasteiger partial charge in [0.25, 0.3) is 0 Å². The summed E-state index contributed by atoms with van der Waals surface area (Å²) in [6, 6.07) is 1.14. The predicted molar refractivity (Wildman–Crippen MR) is 42.8 cm³/mol. The number of halogens is 2. The smallest absolute Gasteiger partial charge is 0.201 e. The molecule has 1 N–H and O–H groups in total. The summed E-state index contributed by atoms with van der Waals surface area (Å²) in [6.07, 6.45) is 0.556. The summed E-state index contributed by atoms with van der Waals surface area (Å²) >= 11 is 0. The van der Waals surface area contributed by atoms with Crippen LogP contribution in [0, 0.1) is 11.6 Å². The van der Waals surface area contributed by atoms with E-state index in [0.717, 1.165) is 6.07 Å². The Kier molecular flexibility index (Phi) is 2.60. The molecular formula is C9H8F2O2. The summed E-state index contributed by atoms with van der Waals surface area (Å²) in [6.45, 7) is 1.63. The van der Waals surface area contributed by atoms with E-state index in [1.165, 1.54) is 0 Å². The van der Waals surface area contributed by atoms with Gasteiger partial charge in [0.15, 0.2) is 17.9 Å². The van der Waals surface area contributed by atoms with Crippen molar-refractivity contribution in [2.45, 2.75) is 13.3 Å². The highest BCUT2D eigenvalue weighted by atomic mass is 19.2. The first-order valence-corrected chi connectivity index (χ1v) is 3.76. The molecule has 0 unspecified atom stereocenters. The number of carbonyl (C=O) groups is 1. The molecule has 0 saturated heterocycles. The Morgan fingerprint density at radius 3 is 2.54 bits per heavy atom. The van der Waals surface area contributed by atoms with E-state index < -0.39 is 17.4 Å². The zero-order valence-corrected chi connectivity index (χ0v) is 6.97. The molecule has 0 aliphatic rings. The van der Waals surface area contributed by atoms with Gasteiger partial charge < -0.3 is 5.11 Å². The molecule has 0 saturated carbocycles. The molecule has 0 fully saturated rings. The minimum atomic E-state index is -1.36. The summed E-state index contributed by atoms with van der Waals surface area (Å²) in [5.74, 6) is -3.38. The molecule has 4 heteroatoms. The molecule has 0 aliphatic carbocycles. The molecule has 13 heavy (non-hydrogen) atoms. The maximum absolute atomic E-state index is 12.9. The lowest BCUT2D eigenvalue weighted by Crippen LogP contribution is -1.97. The molecule has 0 aliphatic heterocycles. The summed E-state index contributed by atoms with van der Waals surface area (Å²) in [7, 11) is 0. The molecule has 1 rings (SSSR count). The van der Waals surface area contributed by atoms with Gasteiger partial charge in [-0.1, -0.05) is 6.92 Å². The summed E-state index contributed by atoms with van der Waals surface area (Å²) in [5.41, 5.74) is -0.145. The van der Waals surface area contributed by atoms with Crippen molar-refractivity contribution in [3.63, 3.8) is 0 Å². The second kappa shape index (κ2) is 3.51. The van der Waals surface area contributed by atoms with Gasteiger partial charge >= 0.3 is 0 Å². The first kappa shape index (κ1) is 9.64. The number of carbonyl (C=O) groups excluding carboxylic acids is 1. The minimum absolute atomic E-state index is 0.0809. The van der Waals surface area contributed by atoms with Crippen LogP contribution in [0.3, 0.4) is 0 Å². The largest absolute Gasteiger partial charge is 0.504 e. The topological polar surface area (TPSA) is 37.3 Å². The van der Waals surface area contributed by atoms with Gasteiger partial charge in [-0.05, 0) is 18.1 Å². The van der Waals surface area contributed by atoms with Crippen LogP contribution in [0.25, 0.3) is 0 Å². The van der Waals surface area contributed by atoms with Crippen LogP contribution in [0.15, 0.2) is 6.07 Å². The third-order valence-electron chi connectivity index (χ3n) is 1.79. The van der Waals surface area contributed by atoms with Gasteiger partial charge in [-0.2, -0.15) is 4.39 Å². The van der Waals surface area contributed by atoms with Gasteiger partial charge in [-0.25, -0.2) is 4.39 Å². The molecule has 0 heterocycles. The fourth-order valence-electron chi connectivity index (χ4n) is 1.04. The molecule has 0 aromatic heterocycles. The van der Waals surface area contributed by atoms with Crippen LogP contribution < -0.4 is 0 Å². The Balaban J connectivity index is 3.45. The number of aromatic hydroxyl groups is 1. The monoisotopic (exact) mass is 186 g/mol. The van der Waals surface area contributed by atoms with Crippen LogP contribution in [0.5, 0.6) is 5.75 Å². The van der Waals surface area contributed by atoms with Crippen LogP contribution in [0.1, 0.15) is 22.8 Å². The molecule has 1 aromatic carbocycles. The number of phenols is 1. The van der Waals surface area contributed by atoms with Crippen LogP contribution >= 0.6 is 0 Å². The molecule has 0 amide bonds. The van der Waals surface area contributed by atoms with Crippen molar-refractivity contribution in [3.05, 3.63) is 28.8 Å². The Hall–Kier alpha value is -1.45. The zero-order valence-electron chi connectivity index (χ0n) is 6.97. The van der Waals surface area contributed by atoms with E-state index in [1.54, 1.807) is 6.92 Å². The molecule has 70 valence electrons. The van der Waals surface area contributed by atoms with Crippen molar-refractivity contribution in [2.24, 2.45) is 0 Å². The van der Waals surface area contributed by atoms with E-state index in [-0.39, 0.29) is 23.8 Å². The molecule has 0 atom stereocenters. The number of rotatable bonds is 2. The molecule has 0 bridgehead atoms. The Bertz CT molecular complexity index is 348. The molecular weight excluding hydrogens is 178 g/mol. The fourth-order valence-corrected chi connectivity index (χ4v) is 1.04. The second-order valence-electron chi connectivity index (χ2n) is 2.57. The Labute approximate surface area is 73.8 Å². The lowest BCUT2D eigenvalue weighted by molar-refractivity contribution is 0.112. The van der Waals surface area contributed by atoms with Gasteiger partial charge in [0, 0.05) is 0 Å². The number of aldehydes is 1. The van der Waals surface area contributed by atoms with Crippen molar-refractivity contribution in [2.75, 3.05) is 0 Å². The van der Waals surface area contributed by atoms with Crippen LogP contribution in [-0.4, -0.2) is 11.4 Å². The number of hydrogen-bond acceptors (Lipinski definition) is 2. The number of aryl methyl sites for hydroxylation is 1. The number of benzene rings is 1. The molecule has 0 radical (unpaired) electrons. The number of hydrogen-bond donors (Lipinski definition) is 1. The first-order chi connectivity index (χ1) is 6.11. The van der Waals surface area contributed by atoms with E-state index >= 15 is 0 Å². The highest BCUT2D eigenvalue weighted by molar-refractivity contribution is 5.79. The summed E-state index contributed by atoms with van der Waals surface area (Å²) < 4.78 is 25.8. The summed E-state index contributed by atoms with van der Waals surface area (Å²) in [4.78, 5) is 10.3. The van der Waals surface area contributed by atoms with Gasteiger partial charge in [-0.15, -0.1) is 0 Å². The van der Waals surface area contributed by atoms with E-state index in [0.29, 0.717) is 0 Å². The SMILES string of the molecule is CCc1cc(C=O)c(O)c(F)c1F. The average Bonchev–Trinajstić information content (AvgIpc) is 2.15. The maximum atomic E-state index is 12.9. The van der Waals surface area contributed by atoms with Gasteiger partial charge in [0.05, 0.1) is 5.56 Å². The molecule has 1 aromatic rings. The molecule has 0 spiro atoms. The third-order valence-corrected chi connectivity index (χ3v) is 1.79. The van der Waals surface area contributed by atoms with E-state index in [1.807, 2.05) is 0 Å². The minimum Gasteiger partial charge on any atom is -0.504 e. The van der Waals surface area contributed by atoms with Crippen LogP contribution in [-0.2, 0) is 6.42 Å². The Morgan fingerprint density at radius 1 is 1.46 bits per heavy atom. The van der Waals surface area contributed by atoms with Crippen LogP contribution in [0.2, 0.25) is 0 Å². The van der Waals surface area contributed by atoms with E-state index in [4.69, 9.17) is 5.11 Å². The average molecular weight is 186 g/mol. The van der Waals surface area contributed by atoms with Crippen molar-refractivity contribution < 1.29 is 18.7 Å². The quantitative estimate of drug-likeness (QED) is 0.717. The Morgan fingerprint density at radius 2 is 2.08 bits per heavy atom. The van der Waals surface area contributed by atoms with Crippen molar-refractivity contribution in [3.8, 4) is 5.75 Å². The standard InChI is InChI=1S/C9H8F2O2/c1-2-5-3-6(4-12)9(13)8(11)7(5)10/h3-4,13H,2H2,1H3. The van der Waals surface area contributed by atoms with Gasteiger partial charge in [-0.3, -0.25) is 4.79 Å². The summed E-state index contributed by atoms with van der Waals surface area (Å²) in [5, 5.41) is 8.95. The van der Waals surface area contributed by atoms with Crippen LogP contribution in [0.4, 0.5) is 8.78 Å². The van der Waals surface area contributed by atoms with E-state index in [2.05, 4.69) is 0 Å². The normalized spacial score (nSPS) is 10.1. The van der Waals surface area contributed by atoms with Crippen molar-refractivity contribution in [1.29, 1.82) is 0 Å². The predicted octanol–water partition coefficient (Wildman–Crippen LogP) is 2.05. The number of phenolic OH excluding ortho intramolecular Hbond substituents is 1. The zero-order chi connectivity index (χ0) is 10.0. The third kappa shape index (κ3) is 1.52. The lowest BCUT2D eigenvalue weighted by atomic mass is 10.1. The first-order valence-electron chi connectivity index (χ1n) is 3.76. The van der Waals surface area contributed by atoms with Crippen molar-refractivity contribution in [1.82, 2.24) is 0 Å². The highest BCUT2D eigenvalue weighted by Gasteiger charge is 2.16. The molecule has 2 nitrogen and oxygen atoms in total. The van der Waals surface area contributed by atoms with Gasteiger partial charge in [0.2, 0.25) is 5.82 Å². The second-order valence-corrected chi connectivity index (χ2v) is 2.57.